The number of carboxylic acids is 1. The van der Waals surface area contributed by atoms with Crippen molar-refractivity contribution in [3.63, 3.8) is 0 Å². The highest BCUT2D eigenvalue weighted by molar-refractivity contribution is 5.64. The van der Waals surface area contributed by atoms with Crippen LogP contribution in [0.4, 0.5) is 0 Å². The van der Waals surface area contributed by atoms with E-state index >= 15 is 0 Å². The normalized spacial score (nSPS) is 12.5. The highest BCUT2D eigenvalue weighted by atomic mass is 16.4. The minimum Gasteiger partial charge on any atom is -0.550 e. The SMILES string of the molecule is C=CCCCC(O)CC(=O)[O-]. The molecule has 0 amide bonds. The molecule has 0 bridgehead atoms. The summed E-state index contributed by atoms with van der Waals surface area (Å²) in [6.07, 6.45) is 2.80. The van der Waals surface area contributed by atoms with E-state index in [0.717, 1.165) is 12.8 Å². The van der Waals surface area contributed by atoms with Crippen LogP contribution in [0.25, 0.3) is 0 Å². The summed E-state index contributed by atoms with van der Waals surface area (Å²) in [4.78, 5) is 9.95. The number of allylic oxidation sites excluding steroid dienone is 1. The first-order valence-corrected chi connectivity index (χ1v) is 3.65. The molecule has 0 aromatic carbocycles. The van der Waals surface area contributed by atoms with Crippen molar-refractivity contribution in [3.8, 4) is 0 Å². The average molecular weight is 157 g/mol. The van der Waals surface area contributed by atoms with E-state index in [9.17, 15) is 9.90 Å². The minimum absolute atomic E-state index is 0.267. The molecule has 3 heteroatoms. The fraction of sp³-hybridized carbons (Fsp3) is 0.625. The molecule has 0 heterocycles. The molecular formula is C8H13O3-. The van der Waals surface area contributed by atoms with Crippen LogP contribution in [-0.4, -0.2) is 17.2 Å². The summed E-state index contributed by atoms with van der Waals surface area (Å²) in [6, 6.07) is 0. The van der Waals surface area contributed by atoms with E-state index < -0.39 is 12.1 Å². The lowest BCUT2D eigenvalue weighted by atomic mass is 10.1. The number of aliphatic carboxylic acids is 1. The molecule has 0 aromatic rings. The van der Waals surface area contributed by atoms with Crippen LogP contribution in [0.15, 0.2) is 12.7 Å². The lowest BCUT2D eigenvalue weighted by Gasteiger charge is -2.09. The van der Waals surface area contributed by atoms with Crippen LogP contribution >= 0.6 is 0 Å². The number of rotatable bonds is 6. The van der Waals surface area contributed by atoms with E-state index in [0.29, 0.717) is 6.42 Å². The standard InChI is InChI=1S/C8H14O3/c1-2-3-4-5-7(9)6-8(10)11/h2,7,9H,1,3-6H2,(H,10,11)/p-1. The quantitative estimate of drug-likeness (QED) is 0.430. The first-order chi connectivity index (χ1) is 5.16. The fourth-order valence-corrected chi connectivity index (χ4v) is 0.792. The molecule has 0 aliphatic carbocycles. The van der Waals surface area contributed by atoms with Gasteiger partial charge in [-0.3, -0.25) is 0 Å². The zero-order valence-corrected chi connectivity index (χ0v) is 6.45. The predicted molar refractivity (Wildman–Crippen MR) is 39.7 cm³/mol. The maximum absolute atomic E-state index is 9.95. The maximum atomic E-state index is 9.95. The van der Waals surface area contributed by atoms with Gasteiger partial charge in [0.2, 0.25) is 0 Å². The van der Waals surface area contributed by atoms with Crippen LogP contribution < -0.4 is 5.11 Å². The number of unbranched alkanes of at least 4 members (excludes halogenated alkanes) is 1. The highest BCUT2D eigenvalue weighted by Gasteiger charge is 2.02. The van der Waals surface area contributed by atoms with Crippen molar-refractivity contribution in [1.29, 1.82) is 0 Å². The van der Waals surface area contributed by atoms with Crippen LogP contribution in [0, 0.1) is 0 Å². The first-order valence-electron chi connectivity index (χ1n) is 3.65. The second kappa shape index (κ2) is 5.92. The number of carbonyl (C=O) groups is 1. The van der Waals surface area contributed by atoms with Gasteiger partial charge in [-0.25, -0.2) is 0 Å². The van der Waals surface area contributed by atoms with Gasteiger partial charge in [-0.05, 0) is 19.3 Å². The smallest absolute Gasteiger partial charge is 0.0592 e. The molecule has 0 aliphatic heterocycles. The predicted octanol–water partition coefficient (Wildman–Crippen LogP) is -0.156. The molecule has 3 nitrogen and oxygen atoms in total. The summed E-state index contributed by atoms with van der Waals surface area (Å²) >= 11 is 0. The van der Waals surface area contributed by atoms with Gasteiger partial charge < -0.3 is 15.0 Å². The third-order valence-electron chi connectivity index (χ3n) is 1.35. The molecule has 11 heavy (non-hydrogen) atoms. The molecule has 0 fully saturated rings. The summed E-state index contributed by atoms with van der Waals surface area (Å²) in [6.45, 7) is 3.51. The van der Waals surface area contributed by atoms with Crippen LogP contribution in [0.3, 0.4) is 0 Å². The molecule has 1 N–H and O–H groups in total. The highest BCUT2D eigenvalue weighted by Crippen LogP contribution is 2.03. The van der Waals surface area contributed by atoms with Crippen molar-refractivity contribution in [1.82, 2.24) is 0 Å². The second-order valence-corrected chi connectivity index (χ2v) is 2.45. The Morgan fingerprint density at radius 1 is 1.73 bits per heavy atom. The Hall–Kier alpha value is -0.830. The van der Waals surface area contributed by atoms with Gasteiger partial charge in [-0.1, -0.05) is 6.08 Å². The van der Waals surface area contributed by atoms with Gasteiger partial charge in [0.25, 0.3) is 0 Å². The largest absolute Gasteiger partial charge is 0.550 e. The molecule has 0 saturated carbocycles. The van der Waals surface area contributed by atoms with Gasteiger partial charge in [-0.2, -0.15) is 0 Å². The maximum Gasteiger partial charge on any atom is 0.0592 e. The molecule has 0 rings (SSSR count). The lowest BCUT2D eigenvalue weighted by molar-refractivity contribution is -0.307. The third-order valence-corrected chi connectivity index (χ3v) is 1.35. The van der Waals surface area contributed by atoms with E-state index in [4.69, 9.17) is 5.11 Å². The lowest BCUT2D eigenvalue weighted by Crippen LogP contribution is -2.27. The Kier molecular flexibility index (Phi) is 5.47. The molecule has 0 spiro atoms. The molecule has 1 atom stereocenters. The van der Waals surface area contributed by atoms with Crippen molar-refractivity contribution >= 4 is 5.97 Å². The van der Waals surface area contributed by atoms with E-state index in [1.165, 1.54) is 0 Å². The third kappa shape index (κ3) is 7.06. The number of carbonyl (C=O) groups excluding carboxylic acids is 1. The van der Waals surface area contributed by atoms with Gasteiger partial charge in [0.1, 0.15) is 0 Å². The van der Waals surface area contributed by atoms with Crippen molar-refractivity contribution in [2.24, 2.45) is 0 Å². The summed E-state index contributed by atoms with van der Waals surface area (Å²) < 4.78 is 0. The van der Waals surface area contributed by atoms with Gasteiger partial charge in [0, 0.05) is 12.4 Å². The van der Waals surface area contributed by atoms with Crippen molar-refractivity contribution in [2.75, 3.05) is 0 Å². The van der Waals surface area contributed by atoms with Crippen LogP contribution in [0.2, 0.25) is 0 Å². The summed E-state index contributed by atoms with van der Waals surface area (Å²) in [5.41, 5.74) is 0. The number of hydrogen-bond donors (Lipinski definition) is 1. The van der Waals surface area contributed by atoms with E-state index in [1.807, 2.05) is 0 Å². The minimum atomic E-state index is -1.20. The number of aliphatic hydroxyl groups is 1. The van der Waals surface area contributed by atoms with E-state index in [1.54, 1.807) is 6.08 Å². The average Bonchev–Trinajstić information content (AvgIpc) is 1.86. The van der Waals surface area contributed by atoms with Gasteiger partial charge in [0.15, 0.2) is 0 Å². The first kappa shape index (κ1) is 10.2. The van der Waals surface area contributed by atoms with Crippen LogP contribution in [0.5, 0.6) is 0 Å². The van der Waals surface area contributed by atoms with Gasteiger partial charge >= 0.3 is 0 Å². The van der Waals surface area contributed by atoms with Crippen LogP contribution in [-0.2, 0) is 4.79 Å². The second-order valence-electron chi connectivity index (χ2n) is 2.45. The Morgan fingerprint density at radius 3 is 2.82 bits per heavy atom. The molecule has 1 unspecified atom stereocenters. The summed E-state index contributed by atoms with van der Waals surface area (Å²) in [5, 5.41) is 18.9. The van der Waals surface area contributed by atoms with Crippen LogP contribution in [0.1, 0.15) is 25.7 Å². The van der Waals surface area contributed by atoms with Crippen molar-refractivity contribution < 1.29 is 15.0 Å². The fourth-order valence-electron chi connectivity index (χ4n) is 0.792. The Morgan fingerprint density at radius 2 is 2.36 bits per heavy atom. The van der Waals surface area contributed by atoms with Crippen molar-refractivity contribution in [2.45, 2.75) is 31.8 Å². The van der Waals surface area contributed by atoms with Gasteiger partial charge in [-0.15, -0.1) is 6.58 Å². The Bertz CT molecular complexity index is 131. The van der Waals surface area contributed by atoms with Crippen molar-refractivity contribution in [3.05, 3.63) is 12.7 Å². The van der Waals surface area contributed by atoms with E-state index in [-0.39, 0.29) is 6.42 Å². The van der Waals surface area contributed by atoms with Gasteiger partial charge in [0.05, 0.1) is 6.10 Å². The molecule has 0 saturated heterocycles. The molecule has 0 aliphatic rings. The topological polar surface area (TPSA) is 60.4 Å². The van der Waals surface area contributed by atoms with E-state index in [2.05, 4.69) is 6.58 Å². The molecule has 64 valence electrons. The zero-order chi connectivity index (χ0) is 8.69. The number of aliphatic hydroxyl groups excluding tert-OH is 1. The Labute approximate surface area is 66.4 Å². The number of carboxylic acid groups (broad SMARTS) is 1. The molecule has 0 radical (unpaired) electrons. The summed E-state index contributed by atoms with van der Waals surface area (Å²) in [7, 11) is 0. The molecular weight excluding hydrogens is 144 g/mol. The zero-order valence-electron chi connectivity index (χ0n) is 6.45. The molecule has 0 aromatic heterocycles. The summed E-state index contributed by atoms with van der Waals surface area (Å²) in [5.74, 6) is -1.20. The monoisotopic (exact) mass is 157 g/mol. The number of hydrogen-bond acceptors (Lipinski definition) is 3. The Balaban J connectivity index is 3.28.